The number of para-hydroxylation sites is 2. The Kier molecular flexibility index (Phi) is 7.48. The third-order valence-electron chi connectivity index (χ3n) is 3.38. The zero-order chi connectivity index (χ0) is 17.9. The summed E-state index contributed by atoms with van der Waals surface area (Å²) < 4.78 is 23.1. The van der Waals surface area contributed by atoms with Gasteiger partial charge in [0, 0.05) is 0 Å². The van der Waals surface area contributed by atoms with Crippen LogP contribution in [0.4, 0.5) is 0 Å². The molecule has 0 bridgehead atoms. The fraction of sp³-hybridized carbons (Fsp3) is 0.143. The Morgan fingerprint density at radius 2 is 1.08 bits per heavy atom. The van der Waals surface area contributed by atoms with Gasteiger partial charge in [-0.15, -0.1) is 0 Å². The topological polar surface area (TPSA) is 36.9 Å². The van der Waals surface area contributed by atoms with E-state index in [2.05, 4.69) is 0 Å². The van der Waals surface area contributed by atoms with Crippen molar-refractivity contribution in [2.75, 3.05) is 13.2 Å². The highest BCUT2D eigenvalue weighted by atomic mass is 31.2. The van der Waals surface area contributed by atoms with Gasteiger partial charge < -0.3 is 13.8 Å². The molecule has 0 fully saturated rings. The summed E-state index contributed by atoms with van der Waals surface area (Å²) in [5, 5.41) is 0. The third kappa shape index (κ3) is 6.49. The van der Waals surface area contributed by atoms with E-state index in [1.165, 1.54) is 0 Å². The second-order valence-electron chi connectivity index (χ2n) is 5.40. The minimum Gasteiger partial charge on any atom is -0.418 e. The van der Waals surface area contributed by atoms with E-state index in [4.69, 9.17) is 18.3 Å². The maximum absolute atomic E-state index is 5.85. The molecule has 0 aliphatic carbocycles. The van der Waals surface area contributed by atoms with E-state index in [-0.39, 0.29) is 0 Å². The molecular formula is C21H21O4P. The van der Waals surface area contributed by atoms with Gasteiger partial charge in [0.05, 0.1) is 19.8 Å². The van der Waals surface area contributed by atoms with Gasteiger partial charge in [0.1, 0.15) is 11.5 Å². The first-order valence-corrected chi connectivity index (χ1v) is 9.50. The van der Waals surface area contributed by atoms with E-state index in [0.717, 1.165) is 5.56 Å². The Morgan fingerprint density at radius 3 is 1.62 bits per heavy atom. The van der Waals surface area contributed by atoms with Crippen molar-refractivity contribution in [1.29, 1.82) is 0 Å². The lowest BCUT2D eigenvalue weighted by Gasteiger charge is -2.17. The van der Waals surface area contributed by atoms with Crippen LogP contribution in [0.3, 0.4) is 0 Å². The average molecular weight is 368 g/mol. The zero-order valence-electron chi connectivity index (χ0n) is 14.4. The average Bonchev–Trinajstić information content (AvgIpc) is 2.70. The van der Waals surface area contributed by atoms with E-state index in [1.54, 1.807) is 0 Å². The molecule has 0 radical (unpaired) electrons. The molecule has 0 aromatic heterocycles. The molecular weight excluding hydrogens is 347 g/mol. The number of ether oxygens (including phenoxy) is 1. The Morgan fingerprint density at radius 1 is 0.577 bits per heavy atom. The van der Waals surface area contributed by atoms with Crippen molar-refractivity contribution < 1.29 is 18.3 Å². The van der Waals surface area contributed by atoms with Crippen molar-refractivity contribution in [2.45, 2.75) is 6.61 Å². The number of benzene rings is 3. The molecule has 0 heterocycles. The summed E-state index contributed by atoms with van der Waals surface area (Å²) in [4.78, 5) is 0. The molecule has 0 amide bonds. The maximum Gasteiger partial charge on any atom is 0.463 e. The predicted molar refractivity (Wildman–Crippen MR) is 103 cm³/mol. The smallest absolute Gasteiger partial charge is 0.418 e. The van der Waals surface area contributed by atoms with E-state index in [9.17, 15) is 0 Å². The maximum atomic E-state index is 5.85. The first kappa shape index (κ1) is 18.4. The molecule has 3 aromatic rings. The Bertz CT molecular complexity index is 696. The second-order valence-corrected chi connectivity index (χ2v) is 6.47. The molecule has 0 saturated carbocycles. The molecule has 0 N–H and O–H groups in total. The molecule has 26 heavy (non-hydrogen) atoms. The lowest BCUT2D eigenvalue weighted by molar-refractivity contribution is 0.0856. The van der Waals surface area contributed by atoms with Crippen LogP contribution in [0.15, 0.2) is 91.0 Å². The first-order chi connectivity index (χ1) is 12.9. The second kappa shape index (κ2) is 10.6. The molecule has 134 valence electrons. The van der Waals surface area contributed by atoms with Gasteiger partial charge in [0.25, 0.3) is 0 Å². The van der Waals surface area contributed by atoms with Crippen LogP contribution in [0, 0.1) is 0 Å². The summed E-state index contributed by atoms with van der Waals surface area (Å²) in [6.45, 7) is 1.41. The van der Waals surface area contributed by atoms with Gasteiger partial charge in [0.15, 0.2) is 0 Å². The van der Waals surface area contributed by atoms with Crippen LogP contribution in [-0.4, -0.2) is 13.2 Å². The minimum absolute atomic E-state index is 0.387. The van der Waals surface area contributed by atoms with Crippen LogP contribution in [0.1, 0.15) is 5.56 Å². The lowest BCUT2D eigenvalue weighted by atomic mass is 10.2. The van der Waals surface area contributed by atoms with Crippen LogP contribution in [-0.2, 0) is 15.9 Å². The van der Waals surface area contributed by atoms with Crippen LogP contribution in [0.5, 0.6) is 11.5 Å². The Hall–Kier alpha value is -2.39. The Labute approximate surface area is 155 Å². The van der Waals surface area contributed by atoms with Crippen molar-refractivity contribution in [3.8, 4) is 11.5 Å². The molecule has 5 heteroatoms. The zero-order valence-corrected chi connectivity index (χ0v) is 15.3. The molecule has 0 atom stereocenters. The predicted octanol–water partition coefficient (Wildman–Crippen LogP) is 5.60. The first-order valence-electron chi connectivity index (χ1n) is 8.41. The van der Waals surface area contributed by atoms with Gasteiger partial charge in [0.2, 0.25) is 0 Å². The van der Waals surface area contributed by atoms with Gasteiger partial charge in [-0.2, -0.15) is 0 Å². The standard InChI is InChI=1S/C21H21O4P/c1-4-10-19(11-5-1)18-22-16-17-23-26(24-20-12-6-2-7-13-20)25-21-14-8-3-9-15-21/h1-15H,16-18H2. The summed E-state index contributed by atoms with van der Waals surface area (Å²) in [7, 11) is -1.56. The summed E-state index contributed by atoms with van der Waals surface area (Å²) in [5.74, 6) is 1.42. The van der Waals surface area contributed by atoms with Crippen LogP contribution in [0.2, 0.25) is 0 Å². The van der Waals surface area contributed by atoms with Crippen molar-refractivity contribution in [2.24, 2.45) is 0 Å². The minimum atomic E-state index is -1.56. The number of hydrogen-bond donors (Lipinski definition) is 0. The molecule has 0 aliphatic rings. The molecule has 0 aliphatic heterocycles. The largest absolute Gasteiger partial charge is 0.463 e. The molecule has 0 saturated heterocycles. The summed E-state index contributed by atoms with van der Waals surface area (Å²) >= 11 is 0. The summed E-state index contributed by atoms with van der Waals surface area (Å²) in [5.41, 5.74) is 1.14. The molecule has 0 spiro atoms. The fourth-order valence-corrected chi connectivity index (χ4v) is 3.10. The lowest BCUT2D eigenvalue weighted by Crippen LogP contribution is -2.06. The third-order valence-corrected chi connectivity index (χ3v) is 4.50. The van der Waals surface area contributed by atoms with Gasteiger partial charge in [-0.3, -0.25) is 4.52 Å². The van der Waals surface area contributed by atoms with Gasteiger partial charge in [-0.05, 0) is 29.8 Å². The molecule has 3 aromatic carbocycles. The van der Waals surface area contributed by atoms with Gasteiger partial charge in [-0.1, -0.05) is 66.7 Å². The van der Waals surface area contributed by atoms with E-state index < -0.39 is 8.60 Å². The fourth-order valence-electron chi connectivity index (χ4n) is 2.14. The summed E-state index contributed by atoms with van der Waals surface area (Å²) in [6.07, 6.45) is 0. The van der Waals surface area contributed by atoms with E-state index >= 15 is 0 Å². The summed E-state index contributed by atoms with van der Waals surface area (Å²) in [6, 6.07) is 29.1. The van der Waals surface area contributed by atoms with Gasteiger partial charge in [-0.25, -0.2) is 0 Å². The monoisotopic (exact) mass is 368 g/mol. The Balaban J connectivity index is 1.48. The van der Waals surface area contributed by atoms with E-state index in [1.807, 2.05) is 91.0 Å². The van der Waals surface area contributed by atoms with Crippen LogP contribution < -0.4 is 9.05 Å². The highest BCUT2D eigenvalue weighted by molar-refractivity contribution is 7.42. The molecule has 4 nitrogen and oxygen atoms in total. The normalized spacial score (nSPS) is 10.7. The number of rotatable bonds is 10. The van der Waals surface area contributed by atoms with Crippen molar-refractivity contribution in [3.63, 3.8) is 0 Å². The quantitative estimate of drug-likeness (QED) is 0.345. The van der Waals surface area contributed by atoms with Gasteiger partial charge >= 0.3 is 8.60 Å². The molecule has 0 unspecified atom stereocenters. The van der Waals surface area contributed by atoms with Crippen molar-refractivity contribution >= 4 is 8.60 Å². The molecule has 3 rings (SSSR count). The van der Waals surface area contributed by atoms with Crippen LogP contribution in [0.25, 0.3) is 0 Å². The van der Waals surface area contributed by atoms with Crippen molar-refractivity contribution in [1.82, 2.24) is 0 Å². The van der Waals surface area contributed by atoms with Crippen LogP contribution >= 0.6 is 8.60 Å². The van der Waals surface area contributed by atoms with Crippen molar-refractivity contribution in [3.05, 3.63) is 96.6 Å². The number of hydrogen-bond acceptors (Lipinski definition) is 4. The SMILES string of the molecule is c1ccc(COCCOP(Oc2ccccc2)Oc2ccccc2)cc1. The highest BCUT2D eigenvalue weighted by Gasteiger charge is 2.17. The highest BCUT2D eigenvalue weighted by Crippen LogP contribution is 2.41. The van der Waals surface area contributed by atoms with E-state index in [0.29, 0.717) is 31.3 Å².